The Bertz CT molecular complexity index is 83.1. The lowest BCUT2D eigenvalue weighted by molar-refractivity contribution is 0.700. The number of hydrogen-bond donors (Lipinski definition) is 2. The fourth-order valence-electron chi connectivity index (χ4n) is 0.570. The van der Waals surface area contributed by atoms with Crippen molar-refractivity contribution in [3.8, 4) is 0 Å². The highest BCUT2D eigenvalue weighted by Gasteiger charge is 1.85. The molecule has 0 aliphatic rings. The molecule has 0 fully saturated rings. The Morgan fingerprint density at radius 1 is 1.56 bits per heavy atom. The average molecular weight is 163 g/mol. The lowest BCUT2D eigenvalue weighted by atomic mass is 10.2. The lowest BCUT2D eigenvalue weighted by Gasteiger charge is -1.99. The molecular weight excluding hydrogens is 150 g/mol. The smallest absolute Gasteiger partial charge is 0.130 e. The van der Waals surface area contributed by atoms with Crippen LogP contribution < -0.4 is 5.32 Å². The van der Waals surface area contributed by atoms with Gasteiger partial charge in [-0.2, -0.15) is 0 Å². The van der Waals surface area contributed by atoms with Gasteiger partial charge in [-0.15, -0.1) is 12.6 Å². The molecule has 0 aliphatic heterocycles. The largest absolute Gasteiger partial charge is 0.371 e. The summed E-state index contributed by atoms with van der Waals surface area (Å²) in [4.78, 5) is 0. The number of hydrogen-bond acceptors (Lipinski definition) is 1. The topological polar surface area (TPSA) is 12.0 Å². The van der Waals surface area contributed by atoms with Crippen molar-refractivity contribution in [1.29, 1.82) is 0 Å². The Hall–Kier alpha value is 0.240. The molecule has 0 spiro atoms. The molecule has 1 nitrogen and oxygen atoms in total. The Kier molecular flexibility index (Phi) is 6.53. The summed E-state index contributed by atoms with van der Waals surface area (Å²) in [6.07, 6.45) is 3.71. The molecule has 0 saturated heterocycles. The van der Waals surface area contributed by atoms with Gasteiger partial charge in [0, 0.05) is 6.54 Å². The normalized spacial score (nSPS) is 9.11. The fraction of sp³-hybridized carbons (Fsp3) is 0.833. The van der Waals surface area contributed by atoms with Gasteiger partial charge in [-0.05, 0) is 6.42 Å². The molecule has 0 aromatic carbocycles. The van der Waals surface area contributed by atoms with E-state index in [-0.39, 0.29) is 0 Å². The van der Waals surface area contributed by atoms with Crippen LogP contribution in [0.2, 0.25) is 0 Å². The number of unbranched alkanes of at least 4 members (excludes halogenated alkanes) is 2. The minimum Gasteiger partial charge on any atom is -0.371 e. The summed E-state index contributed by atoms with van der Waals surface area (Å²) >= 11 is 8.62. The van der Waals surface area contributed by atoms with Gasteiger partial charge in [-0.3, -0.25) is 0 Å². The van der Waals surface area contributed by atoms with Gasteiger partial charge in [0.15, 0.2) is 0 Å². The summed E-state index contributed by atoms with van der Waals surface area (Å²) in [6.45, 7) is 3.15. The molecule has 0 heterocycles. The van der Waals surface area contributed by atoms with Crippen molar-refractivity contribution in [1.82, 2.24) is 5.32 Å². The molecule has 0 aromatic heterocycles. The standard InChI is InChI=1S/C6H13NS2/c1-2-3-4-5-7-6(8)9/h2-5H2,1H3,(H2,7,8,9). The molecule has 0 aliphatic carbocycles. The van der Waals surface area contributed by atoms with Crippen molar-refractivity contribution < 1.29 is 0 Å². The molecule has 54 valence electrons. The van der Waals surface area contributed by atoms with Crippen molar-refractivity contribution in [2.45, 2.75) is 26.2 Å². The molecule has 0 saturated carbocycles. The highest BCUT2D eigenvalue weighted by atomic mass is 32.1. The van der Waals surface area contributed by atoms with Crippen molar-refractivity contribution in [2.75, 3.05) is 6.54 Å². The Labute approximate surface area is 67.6 Å². The highest BCUT2D eigenvalue weighted by molar-refractivity contribution is 8.11. The van der Waals surface area contributed by atoms with Crippen molar-refractivity contribution >= 4 is 29.2 Å². The third kappa shape index (κ3) is 8.24. The van der Waals surface area contributed by atoms with Crippen molar-refractivity contribution in [3.05, 3.63) is 0 Å². The SMILES string of the molecule is CCCCCNC(=S)S. The summed E-state index contributed by atoms with van der Waals surface area (Å²) in [7, 11) is 0. The third-order valence-electron chi connectivity index (χ3n) is 1.06. The van der Waals surface area contributed by atoms with E-state index < -0.39 is 0 Å². The predicted molar refractivity (Wildman–Crippen MR) is 49.1 cm³/mol. The first-order valence-corrected chi connectivity index (χ1v) is 4.09. The summed E-state index contributed by atoms with van der Waals surface area (Å²) < 4.78 is 0.603. The predicted octanol–water partition coefficient (Wildman–Crippen LogP) is 1.98. The first-order valence-electron chi connectivity index (χ1n) is 3.24. The maximum absolute atomic E-state index is 4.70. The van der Waals surface area contributed by atoms with E-state index in [1.165, 1.54) is 19.3 Å². The van der Waals surface area contributed by atoms with E-state index >= 15 is 0 Å². The van der Waals surface area contributed by atoms with E-state index in [0.29, 0.717) is 4.32 Å². The van der Waals surface area contributed by atoms with E-state index in [9.17, 15) is 0 Å². The van der Waals surface area contributed by atoms with Crippen LogP contribution in [-0.2, 0) is 0 Å². The van der Waals surface area contributed by atoms with Gasteiger partial charge in [0.05, 0.1) is 0 Å². The second kappa shape index (κ2) is 6.36. The zero-order valence-corrected chi connectivity index (χ0v) is 7.39. The van der Waals surface area contributed by atoms with Gasteiger partial charge < -0.3 is 5.32 Å². The molecule has 0 bridgehead atoms. The zero-order chi connectivity index (χ0) is 7.11. The average Bonchev–Trinajstić information content (AvgIpc) is 1.80. The summed E-state index contributed by atoms with van der Waals surface area (Å²) in [5.74, 6) is 0. The fourth-order valence-corrected chi connectivity index (χ4v) is 0.784. The minimum absolute atomic E-state index is 0.603. The molecular formula is C6H13NS2. The van der Waals surface area contributed by atoms with E-state index in [1.807, 2.05) is 0 Å². The van der Waals surface area contributed by atoms with Crippen LogP contribution in [0.4, 0.5) is 0 Å². The van der Waals surface area contributed by atoms with Crippen LogP contribution in [0.1, 0.15) is 26.2 Å². The minimum atomic E-state index is 0.603. The van der Waals surface area contributed by atoms with Crippen LogP contribution in [0.15, 0.2) is 0 Å². The van der Waals surface area contributed by atoms with Crippen LogP contribution in [0.3, 0.4) is 0 Å². The molecule has 0 rings (SSSR count). The van der Waals surface area contributed by atoms with Gasteiger partial charge in [0.1, 0.15) is 4.32 Å². The van der Waals surface area contributed by atoms with E-state index in [0.717, 1.165) is 6.54 Å². The Morgan fingerprint density at radius 2 is 2.22 bits per heavy atom. The summed E-state index contributed by atoms with van der Waals surface area (Å²) in [5.41, 5.74) is 0. The molecule has 3 heteroatoms. The molecule has 0 amide bonds. The Balaban J connectivity index is 2.83. The van der Waals surface area contributed by atoms with E-state index in [1.54, 1.807) is 0 Å². The van der Waals surface area contributed by atoms with Crippen LogP contribution in [0, 0.1) is 0 Å². The Morgan fingerprint density at radius 3 is 2.67 bits per heavy atom. The highest BCUT2D eigenvalue weighted by Crippen LogP contribution is 1.91. The zero-order valence-electron chi connectivity index (χ0n) is 5.68. The summed E-state index contributed by atoms with van der Waals surface area (Å²) in [6, 6.07) is 0. The van der Waals surface area contributed by atoms with Gasteiger partial charge in [-0.25, -0.2) is 0 Å². The maximum Gasteiger partial charge on any atom is 0.130 e. The molecule has 0 radical (unpaired) electrons. The molecule has 0 aromatic rings. The van der Waals surface area contributed by atoms with Crippen LogP contribution in [-0.4, -0.2) is 10.9 Å². The van der Waals surface area contributed by atoms with Gasteiger partial charge in [0.25, 0.3) is 0 Å². The monoisotopic (exact) mass is 163 g/mol. The number of thiocarbonyl (C=S) groups is 1. The van der Waals surface area contributed by atoms with E-state index in [2.05, 4.69) is 24.9 Å². The number of nitrogens with one attached hydrogen (secondary N) is 1. The van der Waals surface area contributed by atoms with Gasteiger partial charge >= 0.3 is 0 Å². The molecule has 9 heavy (non-hydrogen) atoms. The third-order valence-corrected chi connectivity index (χ3v) is 1.36. The van der Waals surface area contributed by atoms with Crippen molar-refractivity contribution in [3.63, 3.8) is 0 Å². The molecule has 1 N–H and O–H groups in total. The second-order valence-corrected chi connectivity index (χ2v) is 3.10. The number of rotatable bonds is 4. The molecule has 0 unspecified atom stereocenters. The number of thiol groups is 1. The second-order valence-electron chi connectivity index (χ2n) is 1.94. The van der Waals surface area contributed by atoms with Crippen LogP contribution in [0.5, 0.6) is 0 Å². The first-order chi connectivity index (χ1) is 4.27. The maximum atomic E-state index is 4.70. The van der Waals surface area contributed by atoms with Gasteiger partial charge in [-0.1, -0.05) is 32.0 Å². The van der Waals surface area contributed by atoms with Crippen LogP contribution >= 0.6 is 24.8 Å². The van der Waals surface area contributed by atoms with Gasteiger partial charge in [0.2, 0.25) is 0 Å². The lowest BCUT2D eigenvalue weighted by Crippen LogP contribution is -2.17. The first kappa shape index (κ1) is 9.24. The quantitative estimate of drug-likeness (QED) is 0.373. The van der Waals surface area contributed by atoms with E-state index in [4.69, 9.17) is 12.2 Å². The van der Waals surface area contributed by atoms with Crippen molar-refractivity contribution in [2.24, 2.45) is 0 Å². The summed E-state index contributed by atoms with van der Waals surface area (Å²) in [5, 5.41) is 2.98. The molecule has 0 atom stereocenters. The van der Waals surface area contributed by atoms with Crippen LogP contribution in [0.25, 0.3) is 0 Å².